The fourth-order valence-corrected chi connectivity index (χ4v) is 2.05. The topological polar surface area (TPSA) is 77.8 Å². The van der Waals surface area contributed by atoms with Gasteiger partial charge in [-0.25, -0.2) is 4.98 Å². The number of halogens is 1. The highest BCUT2D eigenvalue weighted by atomic mass is 79.9. The zero-order chi connectivity index (χ0) is 11.9. The molecule has 2 N–H and O–H groups in total. The Labute approximate surface area is 107 Å². The van der Waals surface area contributed by atoms with E-state index in [-0.39, 0.29) is 0 Å². The first-order chi connectivity index (χ1) is 8.17. The van der Waals surface area contributed by atoms with Gasteiger partial charge in [0.1, 0.15) is 5.69 Å². The van der Waals surface area contributed by atoms with Crippen molar-refractivity contribution < 1.29 is 4.52 Å². The Morgan fingerprint density at radius 3 is 2.76 bits per heavy atom. The lowest BCUT2D eigenvalue weighted by Gasteiger charge is -2.34. The van der Waals surface area contributed by atoms with Gasteiger partial charge in [-0.2, -0.15) is 4.98 Å². The molecular weight excluding hydrogens is 284 g/mol. The van der Waals surface area contributed by atoms with Gasteiger partial charge in [0.15, 0.2) is 5.82 Å². The van der Waals surface area contributed by atoms with Gasteiger partial charge in [-0.3, -0.25) is 0 Å². The van der Waals surface area contributed by atoms with Crippen LogP contribution in [0.5, 0.6) is 0 Å². The molecule has 2 aromatic rings. The van der Waals surface area contributed by atoms with Crippen molar-refractivity contribution >= 4 is 15.9 Å². The normalized spacial score (nSPS) is 17.8. The molecule has 88 valence electrons. The number of aromatic nitrogens is 3. The second-order valence-electron chi connectivity index (χ2n) is 4.29. The summed E-state index contributed by atoms with van der Waals surface area (Å²) in [4.78, 5) is 8.53. The highest BCUT2D eigenvalue weighted by Crippen LogP contribution is 2.37. The van der Waals surface area contributed by atoms with Crippen molar-refractivity contribution in [1.82, 2.24) is 15.1 Å². The van der Waals surface area contributed by atoms with E-state index < -0.39 is 5.54 Å². The molecule has 0 radical (unpaired) electrons. The molecule has 17 heavy (non-hydrogen) atoms. The molecule has 0 saturated heterocycles. The highest BCUT2D eigenvalue weighted by Gasteiger charge is 2.39. The maximum Gasteiger partial charge on any atom is 0.276 e. The van der Waals surface area contributed by atoms with Gasteiger partial charge in [0.05, 0.1) is 5.54 Å². The molecule has 2 aromatic heterocycles. The van der Waals surface area contributed by atoms with Crippen molar-refractivity contribution in [2.75, 3.05) is 0 Å². The van der Waals surface area contributed by atoms with E-state index in [0.29, 0.717) is 17.4 Å². The maximum atomic E-state index is 6.13. The minimum atomic E-state index is -0.392. The van der Waals surface area contributed by atoms with Gasteiger partial charge in [0.2, 0.25) is 0 Å². The van der Waals surface area contributed by atoms with Crippen LogP contribution in [0.4, 0.5) is 0 Å². The van der Waals surface area contributed by atoms with E-state index in [2.05, 4.69) is 31.1 Å². The predicted molar refractivity (Wildman–Crippen MR) is 64.9 cm³/mol. The Morgan fingerprint density at radius 1 is 1.35 bits per heavy atom. The van der Waals surface area contributed by atoms with Crippen molar-refractivity contribution in [2.24, 2.45) is 5.73 Å². The van der Waals surface area contributed by atoms with Crippen molar-refractivity contribution in [1.29, 1.82) is 0 Å². The van der Waals surface area contributed by atoms with Crippen LogP contribution in [0.15, 0.2) is 27.3 Å². The molecular formula is C11H11BrN4O. The summed E-state index contributed by atoms with van der Waals surface area (Å²) in [7, 11) is 0. The fraction of sp³-hybridized carbons (Fsp3) is 0.364. The first-order valence-corrected chi connectivity index (χ1v) is 6.22. The second-order valence-corrected chi connectivity index (χ2v) is 5.21. The Kier molecular flexibility index (Phi) is 2.48. The Hall–Kier alpha value is -1.27. The minimum Gasteiger partial charge on any atom is -0.332 e. The minimum absolute atomic E-state index is 0.392. The van der Waals surface area contributed by atoms with Crippen molar-refractivity contribution in [2.45, 2.75) is 24.8 Å². The average Bonchev–Trinajstić information content (AvgIpc) is 2.76. The Balaban J connectivity index is 1.92. The number of hydrogen-bond donors (Lipinski definition) is 1. The molecule has 1 aliphatic rings. The van der Waals surface area contributed by atoms with Gasteiger partial charge in [0.25, 0.3) is 5.89 Å². The van der Waals surface area contributed by atoms with Crippen LogP contribution >= 0.6 is 15.9 Å². The molecule has 0 spiro atoms. The number of nitrogens with zero attached hydrogens (tertiary/aromatic N) is 3. The van der Waals surface area contributed by atoms with Crippen molar-refractivity contribution in [3.8, 4) is 11.6 Å². The van der Waals surface area contributed by atoms with Crippen LogP contribution in [0.1, 0.15) is 25.1 Å². The van der Waals surface area contributed by atoms with Crippen LogP contribution in [0.2, 0.25) is 0 Å². The van der Waals surface area contributed by atoms with Gasteiger partial charge < -0.3 is 10.3 Å². The lowest BCUT2D eigenvalue weighted by atomic mass is 9.77. The zero-order valence-electron chi connectivity index (χ0n) is 9.06. The van der Waals surface area contributed by atoms with Gasteiger partial charge >= 0.3 is 0 Å². The zero-order valence-corrected chi connectivity index (χ0v) is 10.6. The first kappa shape index (κ1) is 10.9. The van der Waals surface area contributed by atoms with Crippen LogP contribution in [0.25, 0.3) is 11.6 Å². The molecule has 0 aromatic carbocycles. The molecule has 6 heteroatoms. The summed E-state index contributed by atoms with van der Waals surface area (Å²) >= 11 is 3.33. The van der Waals surface area contributed by atoms with Crippen LogP contribution in [-0.4, -0.2) is 15.1 Å². The lowest BCUT2D eigenvalue weighted by molar-refractivity contribution is 0.229. The predicted octanol–water partition coefficient (Wildman–Crippen LogP) is 2.23. The molecule has 1 saturated carbocycles. The van der Waals surface area contributed by atoms with Gasteiger partial charge in [-0.1, -0.05) is 5.16 Å². The van der Waals surface area contributed by atoms with E-state index in [1.54, 1.807) is 6.20 Å². The molecule has 1 fully saturated rings. The quantitative estimate of drug-likeness (QED) is 0.919. The second kappa shape index (κ2) is 3.89. The number of pyridine rings is 1. The van der Waals surface area contributed by atoms with Gasteiger partial charge in [-0.15, -0.1) is 0 Å². The van der Waals surface area contributed by atoms with E-state index in [1.807, 2.05) is 12.1 Å². The van der Waals surface area contributed by atoms with Crippen LogP contribution in [0.3, 0.4) is 0 Å². The third-order valence-electron chi connectivity index (χ3n) is 3.06. The summed E-state index contributed by atoms with van der Waals surface area (Å²) in [6.07, 6.45) is 4.65. The number of hydrogen-bond acceptors (Lipinski definition) is 5. The van der Waals surface area contributed by atoms with E-state index in [4.69, 9.17) is 10.3 Å². The van der Waals surface area contributed by atoms with Gasteiger partial charge in [0, 0.05) is 10.7 Å². The first-order valence-electron chi connectivity index (χ1n) is 5.42. The summed E-state index contributed by atoms with van der Waals surface area (Å²) in [6, 6.07) is 3.71. The van der Waals surface area contributed by atoms with Crippen molar-refractivity contribution in [3.63, 3.8) is 0 Å². The fourth-order valence-electron chi connectivity index (χ4n) is 1.81. The summed E-state index contributed by atoms with van der Waals surface area (Å²) in [5, 5.41) is 3.95. The molecule has 5 nitrogen and oxygen atoms in total. The molecule has 1 aliphatic carbocycles. The molecule has 2 heterocycles. The molecule has 3 rings (SSSR count). The Morgan fingerprint density at radius 2 is 2.18 bits per heavy atom. The molecule has 0 atom stereocenters. The molecule has 0 aliphatic heterocycles. The van der Waals surface area contributed by atoms with E-state index in [0.717, 1.165) is 23.7 Å². The number of rotatable bonds is 2. The lowest BCUT2D eigenvalue weighted by Crippen LogP contribution is -2.44. The van der Waals surface area contributed by atoms with E-state index >= 15 is 0 Å². The Bertz CT molecular complexity index is 533. The third kappa shape index (κ3) is 1.87. The monoisotopic (exact) mass is 294 g/mol. The van der Waals surface area contributed by atoms with Crippen molar-refractivity contribution in [3.05, 3.63) is 28.6 Å². The molecule has 0 amide bonds. The van der Waals surface area contributed by atoms with Crippen LogP contribution in [0, 0.1) is 0 Å². The summed E-state index contributed by atoms with van der Waals surface area (Å²) < 4.78 is 6.11. The standard InChI is InChI=1S/C11H11BrN4O/c12-7-2-3-8(14-6-7)9-15-10(16-17-9)11(13)4-1-5-11/h2-3,6H,1,4-5,13H2. The molecule has 0 bridgehead atoms. The highest BCUT2D eigenvalue weighted by molar-refractivity contribution is 9.10. The SMILES string of the molecule is NC1(c2noc(-c3ccc(Br)cn3)n2)CCC1. The molecule has 0 unspecified atom stereocenters. The summed E-state index contributed by atoms with van der Waals surface area (Å²) in [5.41, 5.74) is 6.40. The van der Waals surface area contributed by atoms with E-state index in [1.165, 1.54) is 0 Å². The van der Waals surface area contributed by atoms with E-state index in [9.17, 15) is 0 Å². The third-order valence-corrected chi connectivity index (χ3v) is 3.53. The maximum absolute atomic E-state index is 6.13. The average molecular weight is 295 g/mol. The van der Waals surface area contributed by atoms with Crippen LogP contribution < -0.4 is 5.73 Å². The number of nitrogens with two attached hydrogens (primary N) is 1. The summed E-state index contributed by atoms with van der Waals surface area (Å²) in [5.74, 6) is 1.01. The smallest absolute Gasteiger partial charge is 0.276 e. The largest absolute Gasteiger partial charge is 0.332 e. The van der Waals surface area contributed by atoms with Gasteiger partial charge in [-0.05, 0) is 47.3 Å². The van der Waals surface area contributed by atoms with Crippen LogP contribution in [-0.2, 0) is 5.54 Å². The summed E-state index contributed by atoms with van der Waals surface area (Å²) in [6.45, 7) is 0.